The molecule has 0 saturated carbocycles. The number of thiophene rings is 2. The third-order valence-corrected chi connectivity index (χ3v) is 6.30. The van der Waals surface area contributed by atoms with Crippen molar-refractivity contribution < 1.29 is 5.11 Å². The summed E-state index contributed by atoms with van der Waals surface area (Å²) in [7, 11) is 0. The van der Waals surface area contributed by atoms with Gasteiger partial charge in [-0.05, 0) is 36.8 Å². The van der Waals surface area contributed by atoms with Crippen molar-refractivity contribution >= 4 is 38.7 Å². The van der Waals surface area contributed by atoms with Gasteiger partial charge in [-0.25, -0.2) is 9.97 Å². The van der Waals surface area contributed by atoms with E-state index in [1.54, 1.807) is 28.9 Å². The fourth-order valence-corrected chi connectivity index (χ4v) is 4.70. The first-order chi connectivity index (χ1) is 13.2. The summed E-state index contributed by atoms with van der Waals surface area (Å²) in [5.41, 5.74) is 2.15. The second-order valence-corrected chi connectivity index (χ2v) is 8.34. The van der Waals surface area contributed by atoms with Gasteiger partial charge in [0.1, 0.15) is 11.2 Å². The molecule has 1 N–H and O–H groups in total. The Morgan fingerprint density at radius 1 is 1.07 bits per heavy atom. The van der Waals surface area contributed by atoms with Crippen LogP contribution in [0.2, 0.25) is 0 Å². The van der Waals surface area contributed by atoms with E-state index in [9.17, 15) is 5.11 Å². The second kappa shape index (κ2) is 7.99. The fourth-order valence-electron chi connectivity index (χ4n) is 2.73. The summed E-state index contributed by atoms with van der Waals surface area (Å²) in [6.07, 6.45) is 4.09. The molecule has 0 bridgehead atoms. The largest absolute Gasteiger partial charge is 0.391 e. The molecule has 136 valence electrons. The monoisotopic (exact) mass is 395 g/mol. The number of rotatable bonds is 6. The first kappa shape index (κ1) is 17.8. The molecule has 0 unspecified atom stereocenters. The molecule has 0 atom stereocenters. The Hall–Kier alpha value is -2.55. The Kier molecular flexibility index (Phi) is 5.28. The van der Waals surface area contributed by atoms with Gasteiger partial charge in [0, 0.05) is 32.9 Å². The Morgan fingerprint density at radius 3 is 2.78 bits per heavy atom. The number of nitrogens with zero attached hydrogens (tertiary/aromatic N) is 5. The quantitative estimate of drug-likeness (QED) is 0.474. The van der Waals surface area contributed by atoms with E-state index in [-0.39, 0.29) is 6.61 Å². The van der Waals surface area contributed by atoms with Gasteiger partial charge in [0.05, 0.1) is 18.5 Å². The van der Waals surface area contributed by atoms with Crippen molar-refractivity contribution in [3.63, 3.8) is 0 Å². The van der Waals surface area contributed by atoms with Gasteiger partial charge < -0.3 is 5.11 Å². The lowest BCUT2D eigenvalue weighted by atomic mass is 10.2. The highest BCUT2D eigenvalue weighted by atomic mass is 32.1. The SMILES string of the molecule is Cc1cc(CO)sc1CN=Nc1ncnc2sc(Cc3ccccn3)cc12. The van der Waals surface area contributed by atoms with E-state index in [0.29, 0.717) is 12.4 Å². The van der Waals surface area contributed by atoms with E-state index in [2.05, 4.69) is 31.2 Å². The minimum atomic E-state index is 0.0587. The first-order valence-electron chi connectivity index (χ1n) is 8.43. The van der Waals surface area contributed by atoms with E-state index in [1.165, 1.54) is 11.2 Å². The maximum Gasteiger partial charge on any atom is 0.185 e. The average Bonchev–Trinajstić information content (AvgIpc) is 3.26. The third kappa shape index (κ3) is 4.08. The molecule has 0 aliphatic carbocycles. The van der Waals surface area contributed by atoms with E-state index >= 15 is 0 Å². The van der Waals surface area contributed by atoms with Crippen molar-refractivity contribution in [1.29, 1.82) is 0 Å². The molecular weight excluding hydrogens is 378 g/mol. The minimum absolute atomic E-state index is 0.0587. The van der Waals surface area contributed by atoms with Crippen LogP contribution < -0.4 is 0 Å². The van der Waals surface area contributed by atoms with Crippen LogP contribution in [0, 0.1) is 6.92 Å². The lowest BCUT2D eigenvalue weighted by Crippen LogP contribution is -1.87. The van der Waals surface area contributed by atoms with Crippen molar-refractivity contribution in [2.45, 2.75) is 26.5 Å². The normalized spacial score (nSPS) is 11.6. The lowest BCUT2D eigenvalue weighted by Gasteiger charge is -1.95. The molecule has 4 aromatic heterocycles. The van der Waals surface area contributed by atoms with Gasteiger partial charge in [-0.1, -0.05) is 6.07 Å². The zero-order chi connectivity index (χ0) is 18.6. The van der Waals surface area contributed by atoms with Gasteiger partial charge in [0.15, 0.2) is 5.82 Å². The van der Waals surface area contributed by atoms with Crippen LogP contribution in [0.1, 0.15) is 25.9 Å². The number of hydrogen-bond donors (Lipinski definition) is 1. The molecule has 0 spiro atoms. The fraction of sp³-hybridized carbons (Fsp3) is 0.211. The molecule has 0 aliphatic rings. The molecule has 0 aromatic carbocycles. The van der Waals surface area contributed by atoms with Gasteiger partial charge in [-0.2, -0.15) is 5.11 Å². The van der Waals surface area contributed by atoms with Crippen LogP contribution in [0.3, 0.4) is 0 Å². The zero-order valence-corrected chi connectivity index (χ0v) is 16.3. The summed E-state index contributed by atoms with van der Waals surface area (Å²) >= 11 is 3.19. The molecule has 0 fully saturated rings. The first-order valence-corrected chi connectivity index (χ1v) is 10.1. The number of aromatic nitrogens is 3. The number of pyridine rings is 1. The number of aliphatic hydroxyl groups excluding tert-OH is 1. The Balaban J connectivity index is 1.55. The molecule has 6 nitrogen and oxygen atoms in total. The van der Waals surface area contributed by atoms with Gasteiger partial charge in [-0.15, -0.1) is 27.8 Å². The van der Waals surface area contributed by atoms with Crippen LogP contribution >= 0.6 is 22.7 Å². The van der Waals surface area contributed by atoms with Gasteiger partial charge in [0.2, 0.25) is 0 Å². The molecule has 4 heterocycles. The van der Waals surface area contributed by atoms with Crippen LogP contribution in [0.25, 0.3) is 10.2 Å². The van der Waals surface area contributed by atoms with Crippen molar-refractivity contribution in [2.75, 3.05) is 0 Å². The molecule has 0 amide bonds. The minimum Gasteiger partial charge on any atom is -0.391 e. The zero-order valence-electron chi connectivity index (χ0n) is 14.7. The van der Waals surface area contributed by atoms with Gasteiger partial charge in [-0.3, -0.25) is 4.98 Å². The molecule has 4 rings (SSSR count). The number of fused-ring (bicyclic) bond motifs is 1. The number of azo groups is 1. The van der Waals surface area contributed by atoms with E-state index < -0.39 is 0 Å². The summed E-state index contributed by atoms with van der Waals surface area (Å²) in [5, 5.41) is 18.8. The van der Waals surface area contributed by atoms with E-state index in [4.69, 9.17) is 0 Å². The molecule has 8 heteroatoms. The van der Waals surface area contributed by atoms with Crippen LogP contribution in [-0.4, -0.2) is 20.1 Å². The third-order valence-electron chi connectivity index (χ3n) is 4.05. The standard InChI is InChI=1S/C19H17N5OS2/c1-12-6-15(10-25)26-17(12)9-23-24-18-16-8-14(27-19(16)22-11-21-18)7-13-4-2-3-5-20-13/h2-6,8,11,25H,7,9-10H2,1H3. The topological polar surface area (TPSA) is 83.6 Å². The Bertz CT molecular complexity index is 1090. The predicted octanol–water partition coefficient (Wildman–Crippen LogP) is 4.82. The summed E-state index contributed by atoms with van der Waals surface area (Å²) in [5.74, 6) is 0.583. The molecule has 27 heavy (non-hydrogen) atoms. The van der Waals surface area contributed by atoms with Crippen molar-refractivity contribution in [1.82, 2.24) is 15.0 Å². The highest BCUT2D eigenvalue weighted by Gasteiger charge is 2.10. The van der Waals surface area contributed by atoms with Crippen LogP contribution in [0.5, 0.6) is 0 Å². The molecule has 0 aliphatic heterocycles. The highest BCUT2D eigenvalue weighted by Crippen LogP contribution is 2.31. The number of hydrogen-bond acceptors (Lipinski definition) is 8. The summed E-state index contributed by atoms with van der Waals surface area (Å²) in [6.45, 7) is 2.56. The Labute approximate surface area is 164 Å². The van der Waals surface area contributed by atoms with Crippen LogP contribution in [0.15, 0.2) is 53.1 Å². The van der Waals surface area contributed by atoms with Crippen molar-refractivity contribution in [2.24, 2.45) is 10.2 Å². The molecule has 0 saturated heterocycles. The van der Waals surface area contributed by atoms with E-state index in [0.717, 1.165) is 37.6 Å². The van der Waals surface area contributed by atoms with Crippen molar-refractivity contribution in [3.8, 4) is 0 Å². The van der Waals surface area contributed by atoms with Crippen molar-refractivity contribution in [3.05, 3.63) is 68.7 Å². The van der Waals surface area contributed by atoms with E-state index in [1.807, 2.05) is 31.2 Å². The maximum absolute atomic E-state index is 9.24. The maximum atomic E-state index is 9.24. The second-order valence-electron chi connectivity index (χ2n) is 6.00. The Morgan fingerprint density at radius 2 is 2.00 bits per heavy atom. The van der Waals surface area contributed by atoms with Gasteiger partial charge in [0.25, 0.3) is 0 Å². The van der Waals surface area contributed by atoms with Gasteiger partial charge >= 0.3 is 0 Å². The summed E-state index contributed by atoms with van der Waals surface area (Å²) in [4.78, 5) is 17.1. The van der Waals surface area contributed by atoms with Crippen LogP contribution in [-0.2, 0) is 19.6 Å². The summed E-state index contributed by atoms with van der Waals surface area (Å²) in [6, 6.07) is 9.98. The highest BCUT2D eigenvalue weighted by molar-refractivity contribution is 7.18. The lowest BCUT2D eigenvalue weighted by molar-refractivity contribution is 0.285. The summed E-state index contributed by atoms with van der Waals surface area (Å²) < 4.78 is 0. The molecule has 4 aromatic rings. The smallest absolute Gasteiger partial charge is 0.185 e. The predicted molar refractivity (Wildman–Crippen MR) is 108 cm³/mol. The number of aryl methyl sites for hydroxylation is 1. The number of aliphatic hydroxyl groups is 1. The average molecular weight is 396 g/mol. The molecular formula is C19H17N5OS2. The van der Waals surface area contributed by atoms with Crippen LogP contribution in [0.4, 0.5) is 5.82 Å². The molecule has 0 radical (unpaired) electrons.